The van der Waals surface area contributed by atoms with Gasteiger partial charge in [0, 0.05) is 11.6 Å². The van der Waals surface area contributed by atoms with E-state index in [1.165, 1.54) is 31.5 Å². The van der Waals surface area contributed by atoms with Crippen molar-refractivity contribution < 1.29 is 22.9 Å². The van der Waals surface area contributed by atoms with Gasteiger partial charge in [-0.05, 0) is 30.2 Å². The minimum absolute atomic E-state index is 0.0968. The van der Waals surface area contributed by atoms with Crippen LogP contribution in [-0.2, 0) is 21.2 Å². The highest BCUT2D eigenvalue weighted by Gasteiger charge is 2.22. The quantitative estimate of drug-likeness (QED) is 0.365. The molecule has 30 heavy (non-hydrogen) atoms. The minimum atomic E-state index is -3.71. The molecular weight excluding hydrogens is 412 g/mol. The van der Waals surface area contributed by atoms with Crippen LogP contribution in [0.1, 0.15) is 18.1 Å². The Bertz CT molecular complexity index is 1070. The number of hydrazone groups is 1. The lowest BCUT2D eigenvalue weighted by Gasteiger charge is -2.23. The number of nitro benzene ring substituents is 1. The molecule has 0 bridgehead atoms. The van der Waals surface area contributed by atoms with Gasteiger partial charge in [-0.1, -0.05) is 25.1 Å². The SMILES string of the molecule is CCc1ccccc1N(CC(=O)N/N=C\c1ccc(OC)c([N+](=O)[O-])c1)S(C)(=O)=O. The van der Waals surface area contributed by atoms with Gasteiger partial charge in [0.25, 0.3) is 5.91 Å². The molecule has 0 atom stereocenters. The molecule has 0 unspecified atom stereocenters. The summed E-state index contributed by atoms with van der Waals surface area (Å²) in [6.45, 7) is 1.42. The number of para-hydroxylation sites is 1. The molecule has 2 aromatic rings. The third-order valence-corrected chi connectivity index (χ3v) is 5.26. The fourth-order valence-electron chi connectivity index (χ4n) is 2.71. The fourth-order valence-corrected chi connectivity index (χ4v) is 3.60. The van der Waals surface area contributed by atoms with Crippen molar-refractivity contribution in [2.24, 2.45) is 5.10 Å². The molecular formula is C19H22N4O6S. The van der Waals surface area contributed by atoms with Crippen LogP contribution in [0, 0.1) is 10.1 Å². The van der Waals surface area contributed by atoms with E-state index in [1.54, 1.807) is 24.3 Å². The number of anilines is 1. The Morgan fingerprint density at radius 3 is 2.60 bits per heavy atom. The maximum atomic E-state index is 12.3. The van der Waals surface area contributed by atoms with Crippen molar-refractivity contribution in [3.63, 3.8) is 0 Å². The number of amides is 1. The Balaban J connectivity index is 2.15. The van der Waals surface area contributed by atoms with Crippen LogP contribution in [0.25, 0.3) is 0 Å². The number of sulfonamides is 1. The molecule has 10 nitrogen and oxygen atoms in total. The van der Waals surface area contributed by atoms with Gasteiger partial charge in [0.1, 0.15) is 6.54 Å². The van der Waals surface area contributed by atoms with Crippen LogP contribution in [0.4, 0.5) is 11.4 Å². The number of hydrogen-bond acceptors (Lipinski definition) is 7. The normalized spacial score (nSPS) is 11.3. The maximum Gasteiger partial charge on any atom is 0.311 e. The molecule has 0 aliphatic carbocycles. The number of rotatable bonds is 9. The fraction of sp³-hybridized carbons (Fsp3) is 0.263. The topological polar surface area (TPSA) is 131 Å². The molecule has 11 heteroatoms. The van der Waals surface area contributed by atoms with Gasteiger partial charge in [-0.15, -0.1) is 0 Å². The number of methoxy groups -OCH3 is 1. The van der Waals surface area contributed by atoms with Crippen molar-refractivity contribution in [3.05, 3.63) is 63.7 Å². The summed E-state index contributed by atoms with van der Waals surface area (Å²) in [4.78, 5) is 22.8. The third kappa shape index (κ3) is 5.77. The van der Waals surface area contributed by atoms with Crippen LogP contribution < -0.4 is 14.5 Å². The van der Waals surface area contributed by atoms with Crippen LogP contribution in [0.5, 0.6) is 5.75 Å². The Hall–Kier alpha value is -3.47. The van der Waals surface area contributed by atoms with Crippen molar-refractivity contribution in [2.45, 2.75) is 13.3 Å². The minimum Gasteiger partial charge on any atom is -0.490 e. The number of nitrogens with one attached hydrogen (secondary N) is 1. The summed E-state index contributed by atoms with van der Waals surface area (Å²) in [5, 5.41) is 14.8. The smallest absolute Gasteiger partial charge is 0.311 e. The molecule has 0 aliphatic heterocycles. The average molecular weight is 434 g/mol. The summed E-state index contributed by atoms with van der Waals surface area (Å²) in [5.74, 6) is -0.565. The number of hydrogen-bond donors (Lipinski definition) is 1. The van der Waals surface area contributed by atoms with Crippen molar-refractivity contribution in [1.29, 1.82) is 0 Å². The summed E-state index contributed by atoms with van der Waals surface area (Å²) in [6.07, 6.45) is 2.83. The summed E-state index contributed by atoms with van der Waals surface area (Å²) in [5.41, 5.74) is 3.56. The van der Waals surface area contributed by atoms with Gasteiger partial charge in [0.05, 0.1) is 30.2 Å². The van der Waals surface area contributed by atoms with Crippen LogP contribution in [0.3, 0.4) is 0 Å². The monoisotopic (exact) mass is 434 g/mol. The molecule has 0 radical (unpaired) electrons. The molecule has 0 spiro atoms. The zero-order chi connectivity index (χ0) is 22.3. The summed E-state index contributed by atoms with van der Waals surface area (Å²) in [6, 6.07) is 11.1. The predicted molar refractivity (Wildman–Crippen MR) is 113 cm³/mol. The Morgan fingerprint density at radius 2 is 2.00 bits per heavy atom. The maximum absolute atomic E-state index is 12.3. The van der Waals surface area contributed by atoms with E-state index < -0.39 is 27.4 Å². The van der Waals surface area contributed by atoms with Crippen LogP contribution in [0.15, 0.2) is 47.6 Å². The Kier molecular flexibility index (Phi) is 7.48. The van der Waals surface area contributed by atoms with E-state index in [9.17, 15) is 23.3 Å². The second kappa shape index (κ2) is 9.83. The third-order valence-electron chi connectivity index (χ3n) is 4.13. The highest BCUT2D eigenvalue weighted by molar-refractivity contribution is 7.92. The standard InChI is InChI=1S/C19H22N4O6S/c1-4-15-7-5-6-8-16(15)22(30(3,27)28)13-19(24)21-20-12-14-9-10-18(29-2)17(11-14)23(25)26/h5-12H,4,13H2,1-3H3,(H,21,24)/b20-12-. The molecule has 0 heterocycles. The van der Waals surface area contributed by atoms with Crippen molar-refractivity contribution >= 4 is 33.5 Å². The number of carbonyl (C=O) groups excluding carboxylic acids is 1. The lowest BCUT2D eigenvalue weighted by molar-refractivity contribution is -0.385. The van der Waals surface area contributed by atoms with E-state index >= 15 is 0 Å². The second-order valence-electron chi connectivity index (χ2n) is 6.23. The predicted octanol–water partition coefficient (Wildman–Crippen LogP) is 2.08. The molecule has 0 saturated heterocycles. The van der Waals surface area contributed by atoms with Gasteiger partial charge in [-0.3, -0.25) is 19.2 Å². The summed E-state index contributed by atoms with van der Waals surface area (Å²) in [7, 11) is -2.39. The molecule has 2 aromatic carbocycles. The number of benzene rings is 2. The van der Waals surface area contributed by atoms with E-state index in [0.29, 0.717) is 17.7 Å². The number of carbonyl (C=O) groups is 1. The number of nitro groups is 1. The number of nitrogens with zero attached hydrogens (tertiary/aromatic N) is 3. The molecule has 0 fully saturated rings. The number of aryl methyl sites for hydroxylation is 1. The highest BCUT2D eigenvalue weighted by atomic mass is 32.2. The molecule has 0 aromatic heterocycles. The number of ether oxygens (including phenoxy) is 1. The average Bonchev–Trinajstić information content (AvgIpc) is 2.71. The Morgan fingerprint density at radius 1 is 1.30 bits per heavy atom. The first kappa shape index (κ1) is 22.8. The lowest BCUT2D eigenvalue weighted by atomic mass is 10.1. The van der Waals surface area contributed by atoms with E-state index in [-0.39, 0.29) is 11.4 Å². The van der Waals surface area contributed by atoms with E-state index in [0.717, 1.165) is 16.1 Å². The van der Waals surface area contributed by atoms with Crippen LogP contribution in [-0.4, -0.2) is 45.4 Å². The molecule has 1 N–H and O–H groups in total. The second-order valence-corrected chi connectivity index (χ2v) is 8.14. The van der Waals surface area contributed by atoms with Crippen molar-refractivity contribution in [3.8, 4) is 5.75 Å². The van der Waals surface area contributed by atoms with E-state index in [2.05, 4.69) is 10.5 Å². The molecule has 1 amide bonds. The largest absolute Gasteiger partial charge is 0.490 e. The van der Waals surface area contributed by atoms with Crippen LogP contribution >= 0.6 is 0 Å². The Labute approximate surface area is 174 Å². The van der Waals surface area contributed by atoms with Crippen LogP contribution in [0.2, 0.25) is 0 Å². The molecule has 0 aliphatic rings. The lowest BCUT2D eigenvalue weighted by Crippen LogP contribution is -2.39. The zero-order valence-corrected chi connectivity index (χ0v) is 17.5. The molecule has 160 valence electrons. The van der Waals surface area contributed by atoms with Gasteiger partial charge < -0.3 is 4.74 Å². The van der Waals surface area contributed by atoms with Gasteiger partial charge >= 0.3 is 5.69 Å². The van der Waals surface area contributed by atoms with Gasteiger partial charge in [0.2, 0.25) is 10.0 Å². The van der Waals surface area contributed by atoms with E-state index in [1.807, 2.05) is 6.92 Å². The first-order valence-corrected chi connectivity index (χ1v) is 10.7. The van der Waals surface area contributed by atoms with Gasteiger partial charge in [-0.2, -0.15) is 5.10 Å². The van der Waals surface area contributed by atoms with E-state index in [4.69, 9.17) is 4.74 Å². The van der Waals surface area contributed by atoms with Gasteiger partial charge in [-0.25, -0.2) is 13.8 Å². The zero-order valence-electron chi connectivity index (χ0n) is 16.7. The van der Waals surface area contributed by atoms with Crippen molar-refractivity contribution in [1.82, 2.24) is 5.43 Å². The van der Waals surface area contributed by atoms with Gasteiger partial charge in [0.15, 0.2) is 5.75 Å². The first-order chi connectivity index (χ1) is 14.2. The van der Waals surface area contributed by atoms with Crippen molar-refractivity contribution in [2.75, 3.05) is 24.2 Å². The highest BCUT2D eigenvalue weighted by Crippen LogP contribution is 2.27. The summed E-state index contributed by atoms with van der Waals surface area (Å²) >= 11 is 0. The summed E-state index contributed by atoms with van der Waals surface area (Å²) < 4.78 is 30.4. The first-order valence-electron chi connectivity index (χ1n) is 8.87. The molecule has 0 saturated carbocycles. The molecule has 2 rings (SSSR count).